The van der Waals surface area contributed by atoms with Crippen molar-refractivity contribution in [2.75, 3.05) is 25.7 Å². The maximum Gasteiger partial charge on any atom is 0.343 e. The predicted octanol–water partition coefficient (Wildman–Crippen LogP) is 2.98. The summed E-state index contributed by atoms with van der Waals surface area (Å²) in [5.41, 5.74) is 14.2. The number of anilines is 2. The van der Waals surface area contributed by atoms with Gasteiger partial charge >= 0.3 is 11.9 Å². The highest BCUT2D eigenvalue weighted by molar-refractivity contribution is 5.94. The molecule has 7 aromatic rings. The number of carbonyl (C=O) groups excluding carboxylic acids is 2. The van der Waals surface area contributed by atoms with Gasteiger partial charge in [-0.2, -0.15) is 39.1 Å². The summed E-state index contributed by atoms with van der Waals surface area (Å²) in [5, 5.41) is 34.6. The Hall–Kier alpha value is -8.18. The topological polar surface area (TPSA) is 303 Å². The molecule has 54 heavy (non-hydrogen) atoms. The number of azo groups is 2. The highest BCUT2D eigenvalue weighted by Gasteiger charge is 2.24. The zero-order valence-corrected chi connectivity index (χ0v) is 28.6. The van der Waals surface area contributed by atoms with Crippen molar-refractivity contribution in [2.24, 2.45) is 20.5 Å². The molecule has 0 spiro atoms. The molecule has 0 aliphatic carbocycles. The SMILES string of the molecule is COC(=O)c1cnn(-c2cnccn2)c1N=Nc1c(C)nn(-c2cc(-n3nc(C)c(N=Nc4c(C(=O)OC)cnn4-c4cnccn4)c3N)ncn2)c1N. The molecule has 0 saturated heterocycles. The Kier molecular flexibility index (Phi) is 9.02. The Morgan fingerprint density at radius 1 is 0.593 bits per heavy atom. The molecule has 0 aromatic carbocycles. The molecule has 7 rings (SSSR count). The second kappa shape index (κ2) is 14.2. The maximum atomic E-state index is 12.5. The van der Waals surface area contributed by atoms with Crippen LogP contribution in [0.15, 0.2) is 82.4 Å². The molecule has 0 saturated carbocycles. The van der Waals surface area contributed by atoms with Crippen LogP contribution in [0.4, 0.5) is 34.6 Å². The van der Waals surface area contributed by atoms with E-state index in [2.05, 4.69) is 70.8 Å². The number of methoxy groups -OCH3 is 2. The van der Waals surface area contributed by atoms with Crippen LogP contribution >= 0.6 is 0 Å². The first-order valence-corrected chi connectivity index (χ1v) is 15.4. The average molecular weight is 731 g/mol. The summed E-state index contributed by atoms with van der Waals surface area (Å²) in [5.74, 6) is -0.179. The minimum Gasteiger partial charge on any atom is -0.465 e. The van der Waals surface area contributed by atoms with Gasteiger partial charge in [-0.15, -0.1) is 20.5 Å². The molecule has 0 atom stereocenters. The van der Waals surface area contributed by atoms with Crippen LogP contribution in [-0.4, -0.2) is 95.2 Å². The molecule has 0 aliphatic rings. The van der Waals surface area contributed by atoms with E-state index in [1.807, 2.05) is 0 Å². The third-order valence-electron chi connectivity index (χ3n) is 7.52. The third-order valence-corrected chi connectivity index (χ3v) is 7.52. The Morgan fingerprint density at radius 2 is 1.04 bits per heavy atom. The molecule has 4 N–H and O–H groups in total. The normalized spacial score (nSPS) is 11.5. The summed E-state index contributed by atoms with van der Waals surface area (Å²) in [6.45, 7) is 3.33. The number of esters is 2. The minimum absolute atomic E-state index is 0.0235. The number of aryl methyl sites for hydroxylation is 2. The number of hydrogen-bond donors (Lipinski definition) is 2. The highest BCUT2D eigenvalue weighted by Crippen LogP contribution is 2.34. The first-order valence-electron chi connectivity index (χ1n) is 15.4. The smallest absolute Gasteiger partial charge is 0.343 e. The van der Waals surface area contributed by atoms with Crippen molar-refractivity contribution >= 4 is 46.6 Å². The van der Waals surface area contributed by atoms with E-state index in [1.165, 1.54) is 94.9 Å². The highest BCUT2D eigenvalue weighted by atomic mass is 16.5. The zero-order valence-electron chi connectivity index (χ0n) is 28.6. The van der Waals surface area contributed by atoms with Gasteiger partial charge in [0.15, 0.2) is 57.9 Å². The van der Waals surface area contributed by atoms with Crippen molar-refractivity contribution in [2.45, 2.75) is 13.8 Å². The minimum atomic E-state index is -0.689. The number of nitrogen functional groups attached to an aromatic ring is 2. The monoisotopic (exact) mass is 730 g/mol. The first-order chi connectivity index (χ1) is 26.2. The van der Waals surface area contributed by atoms with Gasteiger partial charge in [-0.25, -0.2) is 29.5 Å². The molecule has 7 aromatic heterocycles. The molecule has 24 nitrogen and oxygen atoms in total. The fourth-order valence-electron chi connectivity index (χ4n) is 4.95. The summed E-state index contributed by atoms with van der Waals surface area (Å²) < 4.78 is 15.0. The van der Waals surface area contributed by atoms with Gasteiger partial charge < -0.3 is 20.9 Å². The number of hydrogen-bond acceptors (Lipinski definition) is 20. The quantitative estimate of drug-likeness (QED) is 0.151. The summed E-state index contributed by atoms with van der Waals surface area (Å²) in [6, 6.07) is 1.53. The average Bonchev–Trinajstić information content (AvgIpc) is 3.96. The van der Waals surface area contributed by atoms with Crippen LogP contribution in [0.1, 0.15) is 32.1 Å². The van der Waals surface area contributed by atoms with E-state index in [0.29, 0.717) is 11.4 Å². The lowest BCUT2D eigenvalue weighted by atomic mass is 10.3. The lowest BCUT2D eigenvalue weighted by Gasteiger charge is -2.07. The van der Waals surface area contributed by atoms with Crippen molar-refractivity contribution in [3.05, 3.63) is 84.5 Å². The summed E-state index contributed by atoms with van der Waals surface area (Å²) in [7, 11) is 2.46. The van der Waals surface area contributed by atoms with Gasteiger partial charge in [-0.3, -0.25) is 9.97 Å². The number of carbonyl (C=O) groups is 2. The van der Waals surface area contributed by atoms with Crippen molar-refractivity contribution in [3.8, 4) is 23.3 Å². The number of aromatic nitrogens is 14. The van der Waals surface area contributed by atoms with Gasteiger partial charge in [0, 0.05) is 30.9 Å². The summed E-state index contributed by atoms with van der Waals surface area (Å²) in [6.07, 6.45) is 12.6. The third kappa shape index (κ3) is 6.20. The van der Waals surface area contributed by atoms with Crippen molar-refractivity contribution in [3.63, 3.8) is 0 Å². The maximum absolute atomic E-state index is 12.5. The van der Waals surface area contributed by atoms with Gasteiger partial charge in [0.05, 0.1) is 50.4 Å². The Labute approximate surface area is 302 Å². The zero-order chi connectivity index (χ0) is 37.9. The number of rotatable bonds is 10. The van der Waals surface area contributed by atoms with Crippen LogP contribution in [0.2, 0.25) is 0 Å². The molecule has 270 valence electrons. The van der Waals surface area contributed by atoms with Gasteiger partial charge in [0.25, 0.3) is 0 Å². The van der Waals surface area contributed by atoms with Gasteiger partial charge in [-0.05, 0) is 13.8 Å². The second-order valence-corrected chi connectivity index (χ2v) is 10.8. The Bertz CT molecular complexity index is 2400. The molecular formula is C30H26N20O4. The molecule has 7 heterocycles. The molecule has 0 unspecified atom stereocenters. The van der Waals surface area contributed by atoms with E-state index in [0.717, 1.165) is 0 Å². The number of nitrogens with two attached hydrogens (primary N) is 2. The van der Waals surface area contributed by atoms with Crippen LogP contribution in [0, 0.1) is 13.8 Å². The Balaban J connectivity index is 1.21. The molecule has 24 heteroatoms. The van der Waals surface area contributed by atoms with E-state index >= 15 is 0 Å². The van der Waals surface area contributed by atoms with Crippen molar-refractivity contribution in [1.82, 2.24) is 69.0 Å². The first kappa shape index (κ1) is 34.3. The van der Waals surface area contributed by atoms with E-state index < -0.39 is 11.9 Å². The van der Waals surface area contributed by atoms with Crippen LogP contribution < -0.4 is 11.5 Å². The van der Waals surface area contributed by atoms with Gasteiger partial charge in [0.1, 0.15) is 17.5 Å². The van der Waals surface area contributed by atoms with E-state index in [1.54, 1.807) is 13.8 Å². The van der Waals surface area contributed by atoms with Gasteiger partial charge in [0.2, 0.25) is 0 Å². The standard InChI is InChI=1S/C30H26N20O4/c1-15-23(41-43-27-17(29(51)53-3)10-39-49(27)21-12-33-5-7-35-21)25(31)47(45-15)19-9-20(38-14-37-19)48-26(32)24(16(2)46-48)42-44-28-18(30(52)54-4)11-40-50(28)22-13-34-6-8-36-22/h5-14H,31-32H2,1-4H3. The number of nitrogens with zero attached hydrogens (tertiary/aromatic N) is 18. The molecular weight excluding hydrogens is 704 g/mol. The van der Waals surface area contributed by atoms with E-state index in [4.69, 9.17) is 20.9 Å². The number of ether oxygens (including phenoxy) is 2. The second-order valence-electron chi connectivity index (χ2n) is 10.8. The van der Waals surface area contributed by atoms with Crippen molar-refractivity contribution in [1.29, 1.82) is 0 Å². The molecule has 0 aliphatic heterocycles. The lowest BCUT2D eigenvalue weighted by Crippen LogP contribution is -2.09. The lowest BCUT2D eigenvalue weighted by molar-refractivity contribution is 0.0592. The van der Waals surface area contributed by atoms with Crippen LogP contribution in [0.5, 0.6) is 0 Å². The van der Waals surface area contributed by atoms with Crippen LogP contribution in [0.25, 0.3) is 23.3 Å². The molecule has 0 bridgehead atoms. The van der Waals surface area contributed by atoms with E-state index in [9.17, 15) is 9.59 Å². The summed E-state index contributed by atoms with van der Waals surface area (Å²) >= 11 is 0. The Morgan fingerprint density at radius 3 is 1.43 bits per heavy atom. The van der Waals surface area contributed by atoms with E-state index in [-0.39, 0.29) is 69.0 Å². The van der Waals surface area contributed by atoms with Crippen LogP contribution in [-0.2, 0) is 9.47 Å². The fourth-order valence-corrected chi connectivity index (χ4v) is 4.95. The molecule has 0 fully saturated rings. The van der Waals surface area contributed by atoms with Crippen molar-refractivity contribution < 1.29 is 19.1 Å². The fraction of sp³-hybridized carbons (Fsp3) is 0.133. The summed E-state index contributed by atoms with van der Waals surface area (Å²) in [4.78, 5) is 50.1. The predicted molar refractivity (Wildman–Crippen MR) is 184 cm³/mol. The molecule has 0 radical (unpaired) electrons. The van der Waals surface area contributed by atoms with Gasteiger partial charge in [-0.1, -0.05) is 0 Å². The largest absolute Gasteiger partial charge is 0.465 e. The molecule has 0 amide bonds. The van der Waals surface area contributed by atoms with Crippen LogP contribution in [0.3, 0.4) is 0 Å².